The molecular formula is C14H14FN5. The maximum absolute atomic E-state index is 13.3. The van der Waals surface area contributed by atoms with E-state index in [2.05, 4.69) is 15.1 Å². The molecule has 0 bridgehead atoms. The molecule has 0 fully saturated rings. The first-order chi connectivity index (χ1) is 9.56. The van der Waals surface area contributed by atoms with Crippen molar-refractivity contribution in [1.82, 2.24) is 19.6 Å². The Kier molecular flexibility index (Phi) is 2.85. The van der Waals surface area contributed by atoms with Crippen molar-refractivity contribution in [3.8, 4) is 11.3 Å². The van der Waals surface area contributed by atoms with Gasteiger partial charge in [0.05, 0.1) is 18.1 Å². The Labute approximate surface area is 115 Å². The van der Waals surface area contributed by atoms with Gasteiger partial charge in [-0.15, -0.1) is 0 Å². The smallest absolute Gasteiger partial charge is 0.179 e. The van der Waals surface area contributed by atoms with E-state index in [0.717, 1.165) is 17.0 Å². The molecular weight excluding hydrogens is 257 g/mol. The van der Waals surface area contributed by atoms with Crippen LogP contribution in [0.2, 0.25) is 0 Å². The maximum Gasteiger partial charge on any atom is 0.179 e. The third-order valence-electron chi connectivity index (χ3n) is 3.11. The van der Waals surface area contributed by atoms with Crippen LogP contribution >= 0.6 is 0 Å². The zero-order valence-corrected chi connectivity index (χ0v) is 11.5. The molecule has 0 atom stereocenters. The lowest BCUT2D eigenvalue weighted by atomic mass is 10.2. The molecule has 0 aromatic carbocycles. The Morgan fingerprint density at radius 1 is 1.15 bits per heavy atom. The van der Waals surface area contributed by atoms with E-state index in [1.807, 2.05) is 32.0 Å². The summed E-state index contributed by atoms with van der Waals surface area (Å²) >= 11 is 0. The molecule has 3 rings (SSSR count). The van der Waals surface area contributed by atoms with E-state index in [0.29, 0.717) is 11.3 Å². The highest BCUT2D eigenvalue weighted by Crippen LogP contribution is 2.24. The molecule has 6 heteroatoms. The van der Waals surface area contributed by atoms with Gasteiger partial charge in [0, 0.05) is 31.5 Å². The summed E-state index contributed by atoms with van der Waals surface area (Å²) in [6.07, 6.45) is 4.55. The van der Waals surface area contributed by atoms with Crippen molar-refractivity contribution < 1.29 is 4.39 Å². The molecule has 3 heterocycles. The predicted molar refractivity (Wildman–Crippen MR) is 75.2 cm³/mol. The maximum atomic E-state index is 13.3. The van der Waals surface area contributed by atoms with Crippen LogP contribution in [0.5, 0.6) is 0 Å². The van der Waals surface area contributed by atoms with Crippen molar-refractivity contribution in [2.75, 3.05) is 19.0 Å². The van der Waals surface area contributed by atoms with Crippen LogP contribution in [-0.2, 0) is 0 Å². The van der Waals surface area contributed by atoms with Crippen molar-refractivity contribution in [1.29, 1.82) is 0 Å². The third kappa shape index (κ3) is 1.99. The normalized spacial score (nSPS) is 11.0. The van der Waals surface area contributed by atoms with Gasteiger partial charge in [-0.05, 0) is 19.1 Å². The van der Waals surface area contributed by atoms with E-state index in [4.69, 9.17) is 0 Å². The van der Waals surface area contributed by atoms with E-state index in [9.17, 15) is 4.39 Å². The summed E-state index contributed by atoms with van der Waals surface area (Å²) in [6.45, 7) is 1.94. The summed E-state index contributed by atoms with van der Waals surface area (Å²) in [7, 11) is 3.87. The molecule has 0 aliphatic heterocycles. The number of rotatable bonds is 2. The topological polar surface area (TPSA) is 46.3 Å². The zero-order valence-electron chi connectivity index (χ0n) is 11.5. The molecule has 0 saturated heterocycles. The number of pyridine rings is 1. The molecule has 0 aliphatic rings. The molecule has 0 N–H and O–H groups in total. The molecule has 3 aromatic rings. The zero-order chi connectivity index (χ0) is 14.3. The average molecular weight is 271 g/mol. The van der Waals surface area contributed by atoms with E-state index in [1.165, 1.54) is 12.3 Å². The Hall–Kier alpha value is -2.50. The van der Waals surface area contributed by atoms with Crippen molar-refractivity contribution in [3.63, 3.8) is 0 Å². The minimum Gasteiger partial charge on any atom is -0.373 e. The van der Waals surface area contributed by atoms with Gasteiger partial charge >= 0.3 is 0 Å². The van der Waals surface area contributed by atoms with Crippen molar-refractivity contribution in [2.24, 2.45) is 0 Å². The molecule has 0 aliphatic carbocycles. The van der Waals surface area contributed by atoms with Crippen LogP contribution in [0.1, 0.15) is 5.69 Å². The summed E-state index contributed by atoms with van der Waals surface area (Å²) in [5, 5.41) is 4.31. The summed E-state index contributed by atoms with van der Waals surface area (Å²) in [4.78, 5) is 10.4. The van der Waals surface area contributed by atoms with Crippen LogP contribution < -0.4 is 4.90 Å². The van der Waals surface area contributed by atoms with Gasteiger partial charge < -0.3 is 4.90 Å². The first-order valence-electron chi connectivity index (χ1n) is 6.20. The predicted octanol–water partition coefficient (Wildman–Crippen LogP) is 2.30. The molecule has 102 valence electrons. The van der Waals surface area contributed by atoms with Gasteiger partial charge in [0.1, 0.15) is 11.5 Å². The largest absolute Gasteiger partial charge is 0.373 e. The molecule has 0 amide bonds. The second-order valence-electron chi connectivity index (χ2n) is 4.83. The van der Waals surface area contributed by atoms with Crippen molar-refractivity contribution in [3.05, 3.63) is 42.2 Å². The molecule has 3 aromatic heterocycles. The van der Waals surface area contributed by atoms with Gasteiger partial charge in [-0.1, -0.05) is 0 Å². The number of fused-ring (bicyclic) bond motifs is 1. The fraction of sp³-hybridized carbons (Fsp3) is 0.214. The van der Waals surface area contributed by atoms with Crippen LogP contribution in [0.25, 0.3) is 16.9 Å². The first kappa shape index (κ1) is 12.5. The SMILES string of the molecule is Cc1cc(-c2cncc(F)c2)nc2c(N(C)C)cnn12. The van der Waals surface area contributed by atoms with Gasteiger partial charge in [-0.3, -0.25) is 4.98 Å². The molecule has 5 nitrogen and oxygen atoms in total. The van der Waals surface area contributed by atoms with Gasteiger partial charge in [-0.2, -0.15) is 5.10 Å². The Balaban J connectivity index is 2.25. The highest BCUT2D eigenvalue weighted by atomic mass is 19.1. The van der Waals surface area contributed by atoms with Gasteiger partial charge in [-0.25, -0.2) is 13.9 Å². The van der Waals surface area contributed by atoms with E-state index < -0.39 is 0 Å². The van der Waals surface area contributed by atoms with Crippen molar-refractivity contribution in [2.45, 2.75) is 6.92 Å². The van der Waals surface area contributed by atoms with Crippen LogP contribution in [0.3, 0.4) is 0 Å². The van der Waals surface area contributed by atoms with Gasteiger partial charge in [0.15, 0.2) is 5.65 Å². The van der Waals surface area contributed by atoms with Crippen LogP contribution in [-0.4, -0.2) is 33.7 Å². The minimum atomic E-state index is -0.372. The van der Waals surface area contributed by atoms with E-state index in [-0.39, 0.29) is 5.82 Å². The fourth-order valence-electron chi connectivity index (χ4n) is 2.12. The Morgan fingerprint density at radius 3 is 2.65 bits per heavy atom. The number of halogens is 1. The lowest BCUT2D eigenvalue weighted by molar-refractivity contribution is 0.622. The molecule has 0 saturated carbocycles. The summed E-state index contributed by atoms with van der Waals surface area (Å²) in [6, 6.07) is 3.30. The lowest BCUT2D eigenvalue weighted by Gasteiger charge is -2.10. The second-order valence-corrected chi connectivity index (χ2v) is 4.83. The lowest BCUT2D eigenvalue weighted by Crippen LogP contribution is -2.09. The monoisotopic (exact) mass is 271 g/mol. The number of nitrogens with zero attached hydrogens (tertiary/aromatic N) is 5. The Bertz CT molecular complexity index is 778. The highest BCUT2D eigenvalue weighted by molar-refractivity contribution is 5.71. The standard InChI is InChI=1S/C14H14FN5/c1-9-4-12(10-5-11(15)7-16-6-10)18-14-13(19(2)3)8-17-20(9)14/h4-8H,1-3H3. The minimum absolute atomic E-state index is 0.372. The number of aryl methyl sites for hydroxylation is 1. The first-order valence-corrected chi connectivity index (χ1v) is 6.20. The van der Waals surface area contributed by atoms with E-state index in [1.54, 1.807) is 16.9 Å². The van der Waals surface area contributed by atoms with Gasteiger partial charge in [0.25, 0.3) is 0 Å². The van der Waals surface area contributed by atoms with Crippen LogP contribution in [0.4, 0.5) is 10.1 Å². The van der Waals surface area contributed by atoms with Crippen LogP contribution in [0, 0.1) is 12.7 Å². The number of hydrogen-bond acceptors (Lipinski definition) is 4. The summed E-state index contributed by atoms with van der Waals surface area (Å²) in [5.74, 6) is -0.372. The third-order valence-corrected chi connectivity index (χ3v) is 3.11. The second kappa shape index (κ2) is 4.56. The fourth-order valence-corrected chi connectivity index (χ4v) is 2.12. The summed E-state index contributed by atoms with van der Waals surface area (Å²) < 4.78 is 15.1. The number of anilines is 1. The van der Waals surface area contributed by atoms with Gasteiger partial charge in [0.2, 0.25) is 0 Å². The highest BCUT2D eigenvalue weighted by Gasteiger charge is 2.12. The molecule has 0 unspecified atom stereocenters. The van der Waals surface area contributed by atoms with Crippen LogP contribution in [0.15, 0.2) is 30.7 Å². The molecule has 0 radical (unpaired) electrons. The molecule has 0 spiro atoms. The average Bonchev–Trinajstić information content (AvgIpc) is 2.83. The summed E-state index contributed by atoms with van der Waals surface area (Å²) in [5.41, 5.74) is 3.93. The number of aromatic nitrogens is 4. The quantitative estimate of drug-likeness (QED) is 0.717. The Morgan fingerprint density at radius 2 is 1.95 bits per heavy atom. The number of hydrogen-bond donors (Lipinski definition) is 0. The molecule has 20 heavy (non-hydrogen) atoms. The van der Waals surface area contributed by atoms with Crippen molar-refractivity contribution >= 4 is 11.3 Å². The van der Waals surface area contributed by atoms with E-state index >= 15 is 0 Å².